The van der Waals surface area contributed by atoms with E-state index in [0.717, 1.165) is 11.9 Å². The predicted octanol–water partition coefficient (Wildman–Crippen LogP) is 3.87. The van der Waals surface area contributed by atoms with Crippen LogP contribution in [0.1, 0.15) is 5.56 Å². The summed E-state index contributed by atoms with van der Waals surface area (Å²) in [4.78, 5) is 5.75. The van der Waals surface area contributed by atoms with Gasteiger partial charge in [-0.1, -0.05) is 0 Å². The minimum atomic E-state index is -0.429. The molecule has 2 rings (SSSR count). The third-order valence-electron chi connectivity index (χ3n) is 2.59. The Hall–Kier alpha value is -1.68. The van der Waals surface area contributed by atoms with Crippen molar-refractivity contribution in [3.63, 3.8) is 0 Å². The van der Waals surface area contributed by atoms with Crippen molar-refractivity contribution in [2.24, 2.45) is 0 Å². The molecule has 0 fully saturated rings. The molecule has 1 aromatic heterocycles. The van der Waals surface area contributed by atoms with Gasteiger partial charge >= 0.3 is 0 Å². The van der Waals surface area contributed by atoms with Crippen LogP contribution in [0, 0.1) is 11.6 Å². The number of halogens is 3. The molecule has 0 aliphatic rings. The fourth-order valence-electron chi connectivity index (χ4n) is 1.66. The van der Waals surface area contributed by atoms with E-state index in [-0.39, 0.29) is 11.7 Å². The lowest BCUT2D eigenvalue weighted by Crippen LogP contribution is -2.13. The van der Waals surface area contributed by atoms with E-state index >= 15 is 0 Å². The first-order valence-electron chi connectivity index (χ1n) is 5.31. The first-order valence-corrected chi connectivity index (χ1v) is 5.85. The molecule has 0 saturated heterocycles. The third-order valence-corrected chi connectivity index (χ3v) is 2.87. The average Bonchev–Trinajstić information content (AvgIpc) is 2.38. The summed E-state index contributed by atoms with van der Waals surface area (Å²) >= 11 is 5.77. The standard InChI is InChI=1S/C13H11ClF2N2/c1-18(12-4-2-10(15)3-5-12)13-9(7-14)6-11(16)8-17-13/h2-6,8H,7H2,1H3. The summed E-state index contributed by atoms with van der Waals surface area (Å²) in [6.07, 6.45) is 1.13. The molecule has 0 saturated carbocycles. The van der Waals surface area contributed by atoms with Gasteiger partial charge in [-0.2, -0.15) is 0 Å². The van der Waals surface area contributed by atoms with Crippen LogP contribution in [0.2, 0.25) is 0 Å². The average molecular weight is 269 g/mol. The lowest BCUT2D eigenvalue weighted by Gasteiger charge is -2.20. The molecule has 0 spiro atoms. The molecule has 1 heterocycles. The molecule has 0 bridgehead atoms. The zero-order valence-electron chi connectivity index (χ0n) is 9.70. The highest BCUT2D eigenvalue weighted by molar-refractivity contribution is 6.17. The molecule has 0 atom stereocenters. The molecule has 0 radical (unpaired) electrons. The highest BCUT2D eigenvalue weighted by Gasteiger charge is 2.11. The molecule has 0 aliphatic heterocycles. The van der Waals surface area contributed by atoms with Gasteiger partial charge in [-0.3, -0.25) is 0 Å². The number of hydrogen-bond acceptors (Lipinski definition) is 2. The topological polar surface area (TPSA) is 16.1 Å². The smallest absolute Gasteiger partial charge is 0.141 e. The second-order valence-electron chi connectivity index (χ2n) is 3.81. The number of hydrogen-bond donors (Lipinski definition) is 0. The zero-order valence-corrected chi connectivity index (χ0v) is 10.5. The summed E-state index contributed by atoms with van der Waals surface area (Å²) in [6.45, 7) is 0. The molecular formula is C13H11ClF2N2. The first-order chi connectivity index (χ1) is 8.61. The summed E-state index contributed by atoms with van der Waals surface area (Å²) in [7, 11) is 1.77. The van der Waals surface area contributed by atoms with Crippen molar-refractivity contribution >= 4 is 23.1 Å². The van der Waals surface area contributed by atoms with Crippen LogP contribution in [-0.4, -0.2) is 12.0 Å². The number of anilines is 2. The van der Waals surface area contributed by atoms with Gasteiger partial charge in [0.15, 0.2) is 0 Å². The van der Waals surface area contributed by atoms with Crippen molar-refractivity contribution in [3.8, 4) is 0 Å². The quantitative estimate of drug-likeness (QED) is 0.786. The molecule has 2 aromatic rings. The lowest BCUT2D eigenvalue weighted by molar-refractivity contribution is 0.619. The Labute approximate surface area is 109 Å². The maximum atomic E-state index is 13.1. The number of benzene rings is 1. The Kier molecular flexibility index (Phi) is 3.77. The predicted molar refractivity (Wildman–Crippen MR) is 68.2 cm³/mol. The van der Waals surface area contributed by atoms with Crippen molar-refractivity contribution in [1.82, 2.24) is 4.98 Å². The Morgan fingerprint density at radius 2 is 1.83 bits per heavy atom. The molecule has 0 unspecified atom stereocenters. The van der Waals surface area contributed by atoms with Gasteiger partial charge < -0.3 is 4.90 Å². The van der Waals surface area contributed by atoms with Crippen LogP contribution >= 0.6 is 11.6 Å². The van der Waals surface area contributed by atoms with Crippen molar-refractivity contribution in [3.05, 3.63) is 53.7 Å². The molecule has 2 nitrogen and oxygen atoms in total. The SMILES string of the molecule is CN(c1ccc(F)cc1)c1ncc(F)cc1CCl. The van der Waals surface area contributed by atoms with Gasteiger partial charge in [0.1, 0.15) is 17.5 Å². The minimum Gasteiger partial charge on any atom is -0.329 e. The van der Waals surface area contributed by atoms with E-state index in [1.54, 1.807) is 24.1 Å². The Morgan fingerprint density at radius 3 is 2.44 bits per heavy atom. The van der Waals surface area contributed by atoms with Gasteiger partial charge in [0.25, 0.3) is 0 Å². The summed E-state index contributed by atoms with van der Waals surface area (Å²) in [6, 6.07) is 7.30. The van der Waals surface area contributed by atoms with Crippen molar-refractivity contribution in [2.75, 3.05) is 11.9 Å². The maximum absolute atomic E-state index is 13.1. The van der Waals surface area contributed by atoms with Gasteiger partial charge in [-0.25, -0.2) is 13.8 Å². The van der Waals surface area contributed by atoms with Gasteiger partial charge in [-0.05, 0) is 30.3 Å². The van der Waals surface area contributed by atoms with Gasteiger partial charge in [-0.15, -0.1) is 11.6 Å². The lowest BCUT2D eigenvalue weighted by atomic mass is 10.2. The van der Waals surface area contributed by atoms with E-state index in [1.807, 2.05) is 0 Å². The van der Waals surface area contributed by atoms with Gasteiger partial charge in [0, 0.05) is 18.3 Å². The van der Waals surface area contributed by atoms with Crippen LogP contribution in [0.15, 0.2) is 36.5 Å². The Morgan fingerprint density at radius 1 is 1.17 bits per heavy atom. The highest BCUT2D eigenvalue weighted by Crippen LogP contribution is 2.26. The maximum Gasteiger partial charge on any atom is 0.141 e. The molecule has 0 amide bonds. The summed E-state index contributed by atoms with van der Waals surface area (Å²) in [5.41, 5.74) is 1.34. The molecule has 0 N–H and O–H groups in total. The molecule has 94 valence electrons. The number of aromatic nitrogens is 1. The number of nitrogens with zero attached hydrogens (tertiary/aromatic N) is 2. The highest BCUT2D eigenvalue weighted by atomic mass is 35.5. The molecule has 1 aromatic carbocycles. The van der Waals surface area contributed by atoms with Crippen LogP contribution in [-0.2, 0) is 5.88 Å². The van der Waals surface area contributed by atoms with Gasteiger partial charge in [0.05, 0.1) is 12.1 Å². The van der Waals surface area contributed by atoms with Crippen LogP contribution in [0.5, 0.6) is 0 Å². The van der Waals surface area contributed by atoms with Crippen LogP contribution in [0.3, 0.4) is 0 Å². The Balaban J connectivity index is 2.39. The number of pyridine rings is 1. The third kappa shape index (κ3) is 2.59. The van der Waals surface area contributed by atoms with E-state index in [2.05, 4.69) is 4.98 Å². The summed E-state index contributed by atoms with van der Waals surface area (Å²) in [5.74, 6) is -0.0253. The number of rotatable bonds is 3. The molecule has 5 heteroatoms. The van der Waals surface area contributed by atoms with E-state index in [1.165, 1.54) is 18.2 Å². The normalized spacial score (nSPS) is 10.4. The largest absolute Gasteiger partial charge is 0.329 e. The Bertz CT molecular complexity index is 543. The van der Waals surface area contributed by atoms with E-state index in [4.69, 9.17) is 11.6 Å². The summed E-state index contributed by atoms with van der Waals surface area (Å²) < 4.78 is 25.9. The van der Waals surface area contributed by atoms with Crippen molar-refractivity contribution in [2.45, 2.75) is 5.88 Å². The van der Waals surface area contributed by atoms with Crippen LogP contribution in [0.4, 0.5) is 20.3 Å². The minimum absolute atomic E-state index is 0.158. The molecule has 0 aliphatic carbocycles. The van der Waals surface area contributed by atoms with E-state index in [9.17, 15) is 8.78 Å². The molecule has 18 heavy (non-hydrogen) atoms. The zero-order chi connectivity index (χ0) is 13.1. The fraction of sp³-hybridized carbons (Fsp3) is 0.154. The van der Waals surface area contributed by atoms with E-state index < -0.39 is 5.82 Å². The van der Waals surface area contributed by atoms with Gasteiger partial charge in [0.2, 0.25) is 0 Å². The monoisotopic (exact) mass is 268 g/mol. The van der Waals surface area contributed by atoms with E-state index in [0.29, 0.717) is 11.4 Å². The van der Waals surface area contributed by atoms with Crippen molar-refractivity contribution in [1.29, 1.82) is 0 Å². The van der Waals surface area contributed by atoms with Crippen LogP contribution < -0.4 is 4.90 Å². The first kappa shape index (κ1) is 12.8. The fourth-order valence-corrected chi connectivity index (χ4v) is 1.86. The molecular weight excluding hydrogens is 258 g/mol. The second-order valence-corrected chi connectivity index (χ2v) is 4.07. The van der Waals surface area contributed by atoms with Crippen molar-refractivity contribution < 1.29 is 8.78 Å². The van der Waals surface area contributed by atoms with Crippen LogP contribution in [0.25, 0.3) is 0 Å². The second kappa shape index (κ2) is 5.31. The number of alkyl halides is 1. The summed E-state index contributed by atoms with van der Waals surface area (Å²) in [5, 5.41) is 0.